The molecule has 4 nitrogen and oxygen atoms in total. The summed E-state index contributed by atoms with van der Waals surface area (Å²) in [5, 5.41) is 2.91. The molecule has 2 aromatic carbocycles. The third kappa shape index (κ3) is 3.85. The summed E-state index contributed by atoms with van der Waals surface area (Å²) in [4.78, 5) is 26.4. The Kier molecular flexibility index (Phi) is 4.57. The molecule has 0 saturated heterocycles. The lowest BCUT2D eigenvalue weighted by Gasteiger charge is -2.29. The van der Waals surface area contributed by atoms with Gasteiger partial charge in [0.25, 0.3) is 0 Å². The van der Waals surface area contributed by atoms with Crippen molar-refractivity contribution in [3.8, 4) is 0 Å². The Morgan fingerprint density at radius 2 is 1.85 bits per heavy atom. The Labute approximate surface area is 153 Å². The first kappa shape index (κ1) is 16.6. The van der Waals surface area contributed by atoms with Crippen molar-refractivity contribution in [2.45, 2.75) is 25.8 Å². The van der Waals surface area contributed by atoms with Gasteiger partial charge in [-0.1, -0.05) is 36.4 Å². The standard InChI is InChI=1S/C22H22N2O2/c25-21(11-6-16-4-2-1-3-5-16)23-20-10-9-17-12-13-24(15-19(17)14-20)22(26)18-7-8-18/h1-6,9-11,14,18H,7-8,12-13,15H2,(H,23,25)/b11-6+. The average molecular weight is 346 g/mol. The maximum Gasteiger partial charge on any atom is 0.248 e. The molecule has 1 fully saturated rings. The lowest BCUT2D eigenvalue weighted by Crippen LogP contribution is -2.36. The summed E-state index contributed by atoms with van der Waals surface area (Å²) >= 11 is 0. The van der Waals surface area contributed by atoms with Gasteiger partial charge in [-0.25, -0.2) is 0 Å². The Hall–Kier alpha value is -2.88. The van der Waals surface area contributed by atoms with Crippen LogP contribution in [0.5, 0.6) is 0 Å². The van der Waals surface area contributed by atoms with E-state index >= 15 is 0 Å². The second-order valence-corrected chi connectivity index (χ2v) is 7.00. The van der Waals surface area contributed by atoms with Crippen molar-refractivity contribution in [2.75, 3.05) is 11.9 Å². The fraction of sp³-hybridized carbons (Fsp3) is 0.273. The van der Waals surface area contributed by atoms with Gasteiger partial charge >= 0.3 is 0 Å². The molecule has 1 aliphatic heterocycles. The summed E-state index contributed by atoms with van der Waals surface area (Å²) in [7, 11) is 0. The predicted octanol–water partition coefficient (Wildman–Crippen LogP) is 3.63. The van der Waals surface area contributed by atoms with Gasteiger partial charge in [0.05, 0.1) is 0 Å². The van der Waals surface area contributed by atoms with Crippen molar-refractivity contribution < 1.29 is 9.59 Å². The normalized spacial score (nSPS) is 16.4. The van der Waals surface area contributed by atoms with Gasteiger partial charge < -0.3 is 10.2 Å². The molecule has 0 bridgehead atoms. The van der Waals surface area contributed by atoms with Crippen LogP contribution < -0.4 is 5.32 Å². The predicted molar refractivity (Wildman–Crippen MR) is 102 cm³/mol. The minimum atomic E-state index is -0.157. The maximum absolute atomic E-state index is 12.3. The zero-order valence-electron chi connectivity index (χ0n) is 14.7. The van der Waals surface area contributed by atoms with Gasteiger partial charge in [-0.15, -0.1) is 0 Å². The zero-order chi connectivity index (χ0) is 17.9. The number of nitrogens with one attached hydrogen (secondary N) is 1. The van der Waals surface area contributed by atoms with E-state index in [-0.39, 0.29) is 17.7 Å². The van der Waals surface area contributed by atoms with Gasteiger partial charge in [-0.2, -0.15) is 0 Å². The molecular weight excluding hydrogens is 324 g/mol. The van der Waals surface area contributed by atoms with Crippen LogP contribution >= 0.6 is 0 Å². The van der Waals surface area contributed by atoms with Crippen molar-refractivity contribution in [3.63, 3.8) is 0 Å². The number of fused-ring (bicyclic) bond motifs is 1. The molecule has 0 spiro atoms. The molecule has 0 aromatic heterocycles. The molecule has 132 valence electrons. The van der Waals surface area contributed by atoms with Crippen molar-refractivity contribution in [2.24, 2.45) is 5.92 Å². The molecule has 1 aliphatic carbocycles. The first-order valence-corrected chi connectivity index (χ1v) is 9.14. The molecule has 4 rings (SSSR count). The van der Waals surface area contributed by atoms with E-state index < -0.39 is 0 Å². The molecule has 2 aromatic rings. The van der Waals surface area contributed by atoms with Gasteiger partial charge in [0.1, 0.15) is 0 Å². The highest BCUT2D eigenvalue weighted by atomic mass is 16.2. The molecule has 0 atom stereocenters. The lowest BCUT2D eigenvalue weighted by atomic mass is 9.98. The fourth-order valence-corrected chi connectivity index (χ4v) is 3.33. The highest BCUT2D eigenvalue weighted by molar-refractivity contribution is 6.02. The lowest BCUT2D eigenvalue weighted by molar-refractivity contribution is -0.133. The van der Waals surface area contributed by atoms with Crippen molar-refractivity contribution in [3.05, 3.63) is 71.3 Å². The molecule has 1 saturated carbocycles. The summed E-state index contributed by atoms with van der Waals surface area (Å²) in [6.07, 6.45) is 6.29. The number of hydrogen-bond donors (Lipinski definition) is 1. The highest BCUT2D eigenvalue weighted by Crippen LogP contribution is 2.33. The molecule has 2 amide bonds. The summed E-state index contributed by atoms with van der Waals surface area (Å²) in [5.74, 6) is 0.383. The van der Waals surface area contributed by atoms with E-state index in [1.807, 2.05) is 47.4 Å². The summed E-state index contributed by atoms with van der Waals surface area (Å²) in [6.45, 7) is 1.45. The van der Waals surface area contributed by atoms with Crippen LogP contribution in [0.2, 0.25) is 0 Å². The monoisotopic (exact) mass is 346 g/mol. The first-order chi connectivity index (χ1) is 12.7. The first-order valence-electron chi connectivity index (χ1n) is 9.14. The molecule has 0 unspecified atom stereocenters. The summed E-state index contributed by atoms with van der Waals surface area (Å²) in [5.41, 5.74) is 4.16. The third-order valence-corrected chi connectivity index (χ3v) is 4.95. The minimum Gasteiger partial charge on any atom is -0.338 e. The number of carbonyl (C=O) groups excluding carboxylic acids is 2. The number of carbonyl (C=O) groups is 2. The summed E-state index contributed by atoms with van der Waals surface area (Å²) in [6, 6.07) is 15.7. The molecule has 26 heavy (non-hydrogen) atoms. The van der Waals surface area contributed by atoms with E-state index in [1.165, 1.54) is 11.6 Å². The second kappa shape index (κ2) is 7.16. The van der Waals surface area contributed by atoms with Gasteiger partial charge in [0, 0.05) is 30.8 Å². The highest BCUT2D eigenvalue weighted by Gasteiger charge is 2.34. The summed E-state index contributed by atoms with van der Waals surface area (Å²) < 4.78 is 0. The van der Waals surface area contributed by atoms with Crippen LogP contribution in [0.4, 0.5) is 5.69 Å². The Morgan fingerprint density at radius 1 is 1.04 bits per heavy atom. The van der Waals surface area contributed by atoms with Crippen LogP contribution in [-0.2, 0) is 22.6 Å². The van der Waals surface area contributed by atoms with Crippen molar-refractivity contribution >= 4 is 23.6 Å². The number of anilines is 1. The molecule has 1 heterocycles. The second-order valence-electron chi connectivity index (χ2n) is 7.00. The van der Waals surface area contributed by atoms with Crippen LogP contribution in [0.1, 0.15) is 29.5 Å². The quantitative estimate of drug-likeness (QED) is 0.860. The third-order valence-electron chi connectivity index (χ3n) is 4.95. The van der Waals surface area contributed by atoms with E-state index in [0.29, 0.717) is 6.54 Å². The fourth-order valence-electron chi connectivity index (χ4n) is 3.33. The molecule has 2 aliphatic rings. The molecule has 4 heteroatoms. The number of benzene rings is 2. The Bertz CT molecular complexity index is 854. The van der Waals surface area contributed by atoms with Gasteiger partial charge in [0.15, 0.2) is 0 Å². The van der Waals surface area contributed by atoms with E-state index in [2.05, 4.69) is 11.4 Å². The van der Waals surface area contributed by atoms with E-state index in [0.717, 1.165) is 42.6 Å². The van der Waals surface area contributed by atoms with Crippen LogP contribution in [0.3, 0.4) is 0 Å². The minimum absolute atomic E-state index is 0.157. The largest absolute Gasteiger partial charge is 0.338 e. The van der Waals surface area contributed by atoms with Crippen LogP contribution in [0.25, 0.3) is 6.08 Å². The van der Waals surface area contributed by atoms with E-state index in [9.17, 15) is 9.59 Å². The van der Waals surface area contributed by atoms with Crippen molar-refractivity contribution in [1.29, 1.82) is 0 Å². The average Bonchev–Trinajstić information content (AvgIpc) is 3.51. The zero-order valence-corrected chi connectivity index (χ0v) is 14.7. The Morgan fingerprint density at radius 3 is 2.62 bits per heavy atom. The van der Waals surface area contributed by atoms with Crippen LogP contribution in [0.15, 0.2) is 54.6 Å². The van der Waals surface area contributed by atoms with Crippen LogP contribution in [-0.4, -0.2) is 23.3 Å². The van der Waals surface area contributed by atoms with Gasteiger partial charge in [0.2, 0.25) is 11.8 Å². The molecule has 0 radical (unpaired) electrons. The van der Waals surface area contributed by atoms with Crippen molar-refractivity contribution in [1.82, 2.24) is 4.90 Å². The van der Waals surface area contributed by atoms with E-state index in [4.69, 9.17) is 0 Å². The van der Waals surface area contributed by atoms with Gasteiger partial charge in [-0.05, 0) is 54.2 Å². The topological polar surface area (TPSA) is 49.4 Å². The maximum atomic E-state index is 12.3. The Balaban J connectivity index is 1.42. The number of amides is 2. The smallest absolute Gasteiger partial charge is 0.248 e. The number of hydrogen-bond acceptors (Lipinski definition) is 2. The number of nitrogens with zero attached hydrogens (tertiary/aromatic N) is 1. The number of rotatable bonds is 4. The van der Waals surface area contributed by atoms with E-state index in [1.54, 1.807) is 6.08 Å². The molecule has 1 N–H and O–H groups in total. The SMILES string of the molecule is O=C(/C=C/c1ccccc1)Nc1ccc2c(c1)CN(C(=O)C1CC1)CC2. The van der Waals surface area contributed by atoms with Gasteiger partial charge in [-0.3, -0.25) is 9.59 Å². The van der Waals surface area contributed by atoms with Crippen LogP contribution in [0, 0.1) is 5.92 Å². The molecular formula is C22H22N2O2.